The molecule has 3 N–H and O–H groups in total. The van der Waals surface area contributed by atoms with Crippen LogP contribution in [0.15, 0.2) is 30.5 Å². The number of aromatic hydroxyl groups is 1. The maximum Gasteiger partial charge on any atom is 0.280 e. The predicted octanol–water partition coefficient (Wildman–Crippen LogP) is 2.26. The fourth-order valence-corrected chi connectivity index (χ4v) is 3.95. The molecule has 2 saturated heterocycles. The molecule has 0 radical (unpaired) electrons. The van der Waals surface area contributed by atoms with Crippen molar-refractivity contribution in [3.63, 3.8) is 0 Å². The lowest BCUT2D eigenvalue weighted by molar-refractivity contribution is 0.0930. The summed E-state index contributed by atoms with van der Waals surface area (Å²) in [4.78, 5) is 16.5. The summed E-state index contributed by atoms with van der Waals surface area (Å²) in [6.07, 6.45) is 4.88. The van der Waals surface area contributed by atoms with E-state index < -0.39 is 0 Å². The van der Waals surface area contributed by atoms with Crippen molar-refractivity contribution in [1.82, 2.24) is 15.6 Å². The molecule has 7 heteroatoms. The minimum atomic E-state index is -0.144. The summed E-state index contributed by atoms with van der Waals surface area (Å²) in [6.45, 7) is 0. The van der Waals surface area contributed by atoms with Crippen LogP contribution in [0.2, 0.25) is 0 Å². The van der Waals surface area contributed by atoms with Gasteiger partial charge in [0.25, 0.3) is 5.91 Å². The number of hydrogen-bond donors (Lipinski definition) is 3. The topological polar surface area (TPSA) is 83.5 Å². The standard InChI is InChI=1S/C16H17N3O3S/c20-10-2-4-11(5-3-10)22-14-8-17-16(23-14)15(21)19-13-7-9-1-6-12(13)18-9/h2-5,8-9,12-13,18,20H,1,6-7H2,(H,19,21). The van der Waals surface area contributed by atoms with Crippen molar-refractivity contribution in [1.29, 1.82) is 0 Å². The number of fused-ring (bicyclic) bond motifs is 2. The molecule has 6 nitrogen and oxygen atoms in total. The molecule has 2 aromatic rings. The predicted molar refractivity (Wildman–Crippen MR) is 86.1 cm³/mol. The van der Waals surface area contributed by atoms with Crippen LogP contribution in [0, 0.1) is 0 Å². The van der Waals surface area contributed by atoms with E-state index in [0.29, 0.717) is 27.9 Å². The quantitative estimate of drug-likeness (QED) is 0.800. The Balaban J connectivity index is 1.39. The molecular formula is C16H17N3O3S. The maximum absolute atomic E-state index is 12.3. The van der Waals surface area contributed by atoms with Gasteiger partial charge < -0.3 is 20.5 Å². The molecule has 1 amide bonds. The van der Waals surface area contributed by atoms with Crippen LogP contribution in [-0.4, -0.2) is 34.1 Å². The van der Waals surface area contributed by atoms with E-state index in [2.05, 4.69) is 15.6 Å². The van der Waals surface area contributed by atoms with Gasteiger partial charge in [0.1, 0.15) is 11.5 Å². The molecule has 3 heterocycles. The second-order valence-corrected chi connectivity index (χ2v) is 6.94. The van der Waals surface area contributed by atoms with Gasteiger partial charge >= 0.3 is 0 Å². The van der Waals surface area contributed by atoms with Gasteiger partial charge in [0, 0.05) is 18.1 Å². The minimum absolute atomic E-state index is 0.144. The van der Waals surface area contributed by atoms with Gasteiger partial charge in [-0.25, -0.2) is 4.98 Å². The van der Waals surface area contributed by atoms with Gasteiger partial charge in [0.2, 0.25) is 5.06 Å². The van der Waals surface area contributed by atoms with E-state index in [4.69, 9.17) is 4.74 Å². The lowest BCUT2D eigenvalue weighted by atomic mass is 9.95. The monoisotopic (exact) mass is 331 g/mol. The Hall–Kier alpha value is -2.12. The second kappa shape index (κ2) is 5.82. The summed E-state index contributed by atoms with van der Waals surface area (Å²) < 4.78 is 5.64. The highest BCUT2D eigenvalue weighted by molar-refractivity contribution is 7.15. The van der Waals surface area contributed by atoms with Crippen molar-refractivity contribution < 1.29 is 14.6 Å². The molecule has 0 aliphatic carbocycles. The minimum Gasteiger partial charge on any atom is -0.508 e. The first-order chi connectivity index (χ1) is 11.2. The highest BCUT2D eigenvalue weighted by Crippen LogP contribution is 2.30. The van der Waals surface area contributed by atoms with Crippen molar-refractivity contribution in [3.8, 4) is 16.6 Å². The molecule has 23 heavy (non-hydrogen) atoms. The average Bonchev–Trinajstić information content (AvgIpc) is 3.26. The molecule has 2 bridgehead atoms. The molecule has 1 aromatic carbocycles. The van der Waals surface area contributed by atoms with Crippen LogP contribution in [-0.2, 0) is 0 Å². The number of phenolic OH excluding ortho intramolecular Hbond substituents is 1. The normalized spacial score (nSPS) is 25.5. The van der Waals surface area contributed by atoms with Gasteiger partial charge in [0.15, 0.2) is 5.01 Å². The zero-order valence-corrected chi connectivity index (χ0v) is 13.2. The lowest BCUT2D eigenvalue weighted by Crippen LogP contribution is -2.42. The molecule has 3 unspecified atom stereocenters. The van der Waals surface area contributed by atoms with E-state index in [1.165, 1.54) is 17.8 Å². The first-order valence-electron chi connectivity index (χ1n) is 7.67. The summed E-state index contributed by atoms with van der Waals surface area (Å²) in [5.74, 6) is 0.631. The number of aromatic nitrogens is 1. The number of phenols is 1. The molecule has 2 aliphatic heterocycles. The number of carbonyl (C=O) groups excluding carboxylic acids is 1. The second-order valence-electron chi connectivity index (χ2n) is 5.94. The Morgan fingerprint density at radius 1 is 1.35 bits per heavy atom. The molecule has 3 atom stereocenters. The van der Waals surface area contributed by atoms with E-state index in [1.54, 1.807) is 30.5 Å². The zero-order chi connectivity index (χ0) is 15.8. The number of benzene rings is 1. The third-order valence-electron chi connectivity index (χ3n) is 4.35. The van der Waals surface area contributed by atoms with E-state index in [0.717, 1.165) is 12.8 Å². The van der Waals surface area contributed by atoms with Crippen molar-refractivity contribution in [3.05, 3.63) is 35.5 Å². The number of rotatable bonds is 4. The Bertz CT molecular complexity index is 716. The van der Waals surface area contributed by atoms with Crippen LogP contribution < -0.4 is 15.4 Å². The van der Waals surface area contributed by atoms with Crippen LogP contribution in [0.1, 0.15) is 29.1 Å². The van der Waals surface area contributed by atoms with Crippen LogP contribution in [0.5, 0.6) is 16.6 Å². The van der Waals surface area contributed by atoms with Gasteiger partial charge in [-0.2, -0.15) is 0 Å². The molecule has 0 spiro atoms. The molecular weight excluding hydrogens is 314 g/mol. The number of hydrogen-bond acceptors (Lipinski definition) is 6. The van der Waals surface area contributed by atoms with Gasteiger partial charge in [-0.15, -0.1) is 0 Å². The van der Waals surface area contributed by atoms with E-state index in [-0.39, 0.29) is 17.7 Å². The lowest BCUT2D eigenvalue weighted by Gasteiger charge is -2.20. The fourth-order valence-electron chi connectivity index (χ4n) is 3.26. The summed E-state index contributed by atoms with van der Waals surface area (Å²) in [7, 11) is 0. The number of amides is 1. The average molecular weight is 331 g/mol. The third-order valence-corrected chi connectivity index (χ3v) is 5.22. The number of nitrogens with zero attached hydrogens (tertiary/aromatic N) is 1. The highest BCUT2D eigenvalue weighted by atomic mass is 32.1. The molecule has 2 fully saturated rings. The highest BCUT2D eigenvalue weighted by Gasteiger charge is 2.39. The number of carbonyl (C=O) groups is 1. The number of nitrogens with one attached hydrogen (secondary N) is 2. The van der Waals surface area contributed by atoms with E-state index in [9.17, 15) is 9.90 Å². The molecule has 1 aromatic heterocycles. The molecule has 4 rings (SSSR count). The molecule has 0 saturated carbocycles. The Kier molecular flexibility index (Phi) is 3.66. The van der Waals surface area contributed by atoms with Gasteiger partial charge in [-0.05, 0) is 43.5 Å². The maximum atomic E-state index is 12.3. The van der Waals surface area contributed by atoms with Gasteiger partial charge in [0.05, 0.1) is 6.20 Å². The summed E-state index contributed by atoms with van der Waals surface area (Å²) >= 11 is 1.22. The summed E-state index contributed by atoms with van der Waals surface area (Å²) in [5, 5.41) is 16.8. The van der Waals surface area contributed by atoms with E-state index in [1.807, 2.05) is 0 Å². The van der Waals surface area contributed by atoms with Crippen molar-refractivity contribution >= 4 is 17.2 Å². The fraction of sp³-hybridized carbons (Fsp3) is 0.375. The largest absolute Gasteiger partial charge is 0.508 e. The number of thiazole rings is 1. The van der Waals surface area contributed by atoms with Crippen molar-refractivity contribution in [2.24, 2.45) is 0 Å². The Morgan fingerprint density at radius 2 is 2.17 bits per heavy atom. The van der Waals surface area contributed by atoms with E-state index >= 15 is 0 Å². The Labute approximate surface area is 137 Å². The molecule has 2 aliphatic rings. The van der Waals surface area contributed by atoms with Crippen molar-refractivity contribution in [2.75, 3.05) is 0 Å². The molecule has 120 valence electrons. The number of ether oxygens (including phenoxy) is 1. The van der Waals surface area contributed by atoms with Crippen molar-refractivity contribution in [2.45, 2.75) is 37.4 Å². The third kappa shape index (κ3) is 3.02. The first kappa shape index (κ1) is 14.5. The smallest absolute Gasteiger partial charge is 0.280 e. The van der Waals surface area contributed by atoms with Crippen LogP contribution >= 0.6 is 11.3 Å². The SMILES string of the molecule is O=C(NC1CC2CCC1N2)c1ncc(Oc2ccc(O)cc2)s1. The Morgan fingerprint density at radius 3 is 2.87 bits per heavy atom. The van der Waals surface area contributed by atoms with Gasteiger partial charge in [-0.1, -0.05) is 11.3 Å². The van der Waals surface area contributed by atoms with Crippen LogP contribution in [0.3, 0.4) is 0 Å². The summed E-state index contributed by atoms with van der Waals surface area (Å²) in [5.41, 5.74) is 0. The zero-order valence-electron chi connectivity index (χ0n) is 12.4. The summed E-state index contributed by atoms with van der Waals surface area (Å²) in [6, 6.07) is 7.57. The first-order valence-corrected chi connectivity index (χ1v) is 8.48. The van der Waals surface area contributed by atoms with Crippen LogP contribution in [0.4, 0.5) is 0 Å². The van der Waals surface area contributed by atoms with Crippen LogP contribution in [0.25, 0.3) is 0 Å². The van der Waals surface area contributed by atoms with Gasteiger partial charge in [-0.3, -0.25) is 4.79 Å².